The van der Waals surface area contributed by atoms with Gasteiger partial charge in [-0.2, -0.15) is 0 Å². The highest BCUT2D eigenvalue weighted by Crippen LogP contribution is 2.17. The minimum Gasteiger partial charge on any atom is -0.212 e. The van der Waals surface area contributed by atoms with Crippen molar-refractivity contribution in [2.24, 2.45) is 0 Å². The van der Waals surface area contributed by atoms with Crippen LogP contribution in [0.5, 0.6) is 0 Å². The molecule has 4 heteroatoms. The quantitative estimate of drug-likeness (QED) is 0.672. The third kappa shape index (κ3) is 1.80. The van der Waals surface area contributed by atoms with Crippen molar-refractivity contribution in [3.05, 3.63) is 0 Å². The Morgan fingerprint density at radius 2 is 1.83 bits per heavy atom. The number of nitrogens with zero attached hydrogens (tertiary/aromatic N) is 1. The molecule has 12 heavy (non-hydrogen) atoms. The van der Waals surface area contributed by atoms with Gasteiger partial charge in [0, 0.05) is 13.1 Å². The smallest absolute Gasteiger partial charge is 0.212 e. The van der Waals surface area contributed by atoms with Gasteiger partial charge in [-0.3, -0.25) is 0 Å². The van der Waals surface area contributed by atoms with Crippen molar-refractivity contribution in [2.45, 2.75) is 38.4 Å². The van der Waals surface area contributed by atoms with Gasteiger partial charge in [0.1, 0.15) is 0 Å². The maximum Gasteiger partial charge on any atom is 0.216 e. The molecule has 0 amide bonds. The van der Waals surface area contributed by atoms with E-state index in [9.17, 15) is 8.42 Å². The highest BCUT2D eigenvalue weighted by Gasteiger charge is 2.29. The van der Waals surface area contributed by atoms with Crippen molar-refractivity contribution in [1.82, 2.24) is 4.31 Å². The summed E-state index contributed by atoms with van der Waals surface area (Å²) < 4.78 is 25.0. The zero-order chi connectivity index (χ0) is 9.19. The zero-order valence-electron chi connectivity index (χ0n) is 7.78. The van der Waals surface area contributed by atoms with Gasteiger partial charge in [0.2, 0.25) is 10.0 Å². The van der Waals surface area contributed by atoms with Crippen molar-refractivity contribution in [3.8, 4) is 0 Å². The van der Waals surface area contributed by atoms with Crippen LogP contribution in [-0.2, 0) is 10.0 Å². The van der Waals surface area contributed by atoms with Crippen LogP contribution in [0, 0.1) is 0 Å². The Labute approximate surface area is 74.8 Å². The van der Waals surface area contributed by atoms with E-state index in [0.717, 1.165) is 25.9 Å². The second-order valence-electron chi connectivity index (χ2n) is 3.37. The van der Waals surface area contributed by atoms with E-state index < -0.39 is 10.0 Å². The Morgan fingerprint density at radius 3 is 2.25 bits per heavy atom. The summed E-state index contributed by atoms with van der Waals surface area (Å²) in [6.45, 7) is 5.16. The highest BCUT2D eigenvalue weighted by molar-refractivity contribution is 7.89. The monoisotopic (exact) mass is 191 g/mol. The molecule has 1 saturated heterocycles. The van der Waals surface area contributed by atoms with Crippen molar-refractivity contribution >= 4 is 10.0 Å². The van der Waals surface area contributed by atoms with Gasteiger partial charge < -0.3 is 0 Å². The third-order valence-corrected chi connectivity index (χ3v) is 4.94. The van der Waals surface area contributed by atoms with E-state index in [1.54, 1.807) is 11.2 Å². The molecule has 0 aromatic rings. The molecular formula is C8H17NO2S. The molecule has 1 unspecified atom stereocenters. The summed E-state index contributed by atoms with van der Waals surface area (Å²) in [5, 5.41) is -0.212. The molecule has 0 N–H and O–H groups in total. The van der Waals surface area contributed by atoms with E-state index in [1.165, 1.54) is 0 Å². The Hall–Kier alpha value is -0.0900. The summed E-state index contributed by atoms with van der Waals surface area (Å²) in [7, 11) is -2.96. The Kier molecular flexibility index (Phi) is 3.12. The molecule has 0 aromatic heterocycles. The lowest BCUT2D eigenvalue weighted by molar-refractivity contribution is 0.466. The molecule has 1 heterocycles. The van der Waals surface area contributed by atoms with Crippen molar-refractivity contribution in [2.75, 3.05) is 13.1 Å². The first-order valence-corrected chi connectivity index (χ1v) is 6.08. The minimum absolute atomic E-state index is 0.212. The van der Waals surface area contributed by atoms with Crippen molar-refractivity contribution in [1.29, 1.82) is 0 Å². The van der Waals surface area contributed by atoms with E-state index in [4.69, 9.17) is 0 Å². The Bertz CT molecular complexity index is 229. The van der Waals surface area contributed by atoms with Crippen LogP contribution < -0.4 is 0 Å². The molecule has 0 aromatic carbocycles. The highest BCUT2D eigenvalue weighted by atomic mass is 32.2. The maximum absolute atomic E-state index is 11.7. The predicted octanol–water partition coefficient (Wildman–Crippen LogP) is 1.21. The molecule has 0 bridgehead atoms. The average Bonchev–Trinajstić information content (AvgIpc) is 2.55. The molecule has 1 fully saturated rings. The van der Waals surface area contributed by atoms with Gasteiger partial charge in [0.15, 0.2) is 0 Å². The average molecular weight is 191 g/mol. The molecule has 0 spiro atoms. The largest absolute Gasteiger partial charge is 0.216 e. The first-order valence-electron chi connectivity index (χ1n) is 4.58. The van der Waals surface area contributed by atoms with Crippen LogP contribution in [-0.4, -0.2) is 31.1 Å². The first kappa shape index (κ1) is 9.99. The molecule has 72 valence electrons. The van der Waals surface area contributed by atoms with Gasteiger partial charge in [-0.05, 0) is 26.2 Å². The van der Waals surface area contributed by atoms with Gasteiger partial charge in [-0.1, -0.05) is 6.92 Å². The van der Waals surface area contributed by atoms with Crippen LogP contribution >= 0.6 is 0 Å². The molecule has 1 atom stereocenters. The standard InChI is InChI=1S/C8H17NO2S/c1-3-8(2)12(10,11)9-6-4-5-7-9/h8H,3-7H2,1-2H3. The molecule has 0 aliphatic carbocycles. The SMILES string of the molecule is CCC(C)S(=O)(=O)N1CCCC1. The summed E-state index contributed by atoms with van der Waals surface area (Å²) in [5.74, 6) is 0. The summed E-state index contributed by atoms with van der Waals surface area (Å²) >= 11 is 0. The minimum atomic E-state index is -2.96. The molecule has 0 radical (unpaired) electrons. The lowest BCUT2D eigenvalue weighted by Gasteiger charge is -2.19. The molecule has 1 aliphatic heterocycles. The summed E-state index contributed by atoms with van der Waals surface area (Å²) in [4.78, 5) is 0. The Morgan fingerprint density at radius 1 is 1.33 bits per heavy atom. The fourth-order valence-electron chi connectivity index (χ4n) is 1.41. The van der Waals surface area contributed by atoms with Crippen molar-refractivity contribution in [3.63, 3.8) is 0 Å². The second-order valence-corrected chi connectivity index (χ2v) is 5.72. The Balaban J connectivity index is 2.70. The van der Waals surface area contributed by atoms with Crippen LogP contribution in [0.1, 0.15) is 33.1 Å². The van der Waals surface area contributed by atoms with Gasteiger partial charge >= 0.3 is 0 Å². The van der Waals surface area contributed by atoms with Gasteiger partial charge in [-0.15, -0.1) is 0 Å². The maximum atomic E-state index is 11.7. The number of hydrogen-bond acceptors (Lipinski definition) is 2. The lowest BCUT2D eigenvalue weighted by atomic mass is 10.4. The summed E-state index contributed by atoms with van der Waals surface area (Å²) in [6, 6.07) is 0. The van der Waals surface area contributed by atoms with E-state index in [-0.39, 0.29) is 5.25 Å². The number of hydrogen-bond donors (Lipinski definition) is 0. The van der Waals surface area contributed by atoms with Gasteiger partial charge in [0.25, 0.3) is 0 Å². The van der Waals surface area contributed by atoms with Crippen LogP contribution in [0.2, 0.25) is 0 Å². The van der Waals surface area contributed by atoms with Gasteiger partial charge in [-0.25, -0.2) is 12.7 Å². The fraction of sp³-hybridized carbons (Fsp3) is 1.00. The topological polar surface area (TPSA) is 37.4 Å². The number of sulfonamides is 1. The number of rotatable bonds is 3. The summed E-state index contributed by atoms with van der Waals surface area (Å²) in [6.07, 6.45) is 2.75. The fourth-order valence-corrected chi connectivity index (χ4v) is 3.11. The van der Waals surface area contributed by atoms with Gasteiger partial charge in [0.05, 0.1) is 5.25 Å². The molecular weight excluding hydrogens is 174 g/mol. The lowest BCUT2D eigenvalue weighted by Crippen LogP contribution is -2.34. The normalized spacial score (nSPS) is 22.8. The van der Waals surface area contributed by atoms with Crippen LogP contribution in [0.15, 0.2) is 0 Å². The molecule has 0 saturated carbocycles. The van der Waals surface area contributed by atoms with E-state index in [1.807, 2.05) is 6.92 Å². The third-order valence-electron chi connectivity index (χ3n) is 2.51. The van der Waals surface area contributed by atoms with Crippen molar-refractivity contribution < 1.29 is 8.42 Å². The van der Waals surface area contributed by atoms with E-state index in [0.29, 0.717) is 6.42 Å². The van der Waals surface area contributed by atoms with E-state index in [2.05, 4.69) is 0 Å². The second kappa shape index (κ2) is 3.75. The first-order chi connectivity index (χ1) is 5.59. The zero-order valence-corrected chi connectivity index (χ0v) is 8.60. The molecule has 1 rings (SSSR count). The molecule has 3 nitrogen and oxygen atoms in total. The summed E-state index contributed by atoms with van der Waals surface area (Å²) in [5.41, 5.74) is 0. The van der Waals surface area contributed by atoms with Crippen LogP contribution in [0.25, 0.3) is 0 Å². The van der Waals surface area contributed by atoms with E-state index >= 15 is 0 Å². The molecule has 1 aliphatic rings. The predicted molar refractivity (Wildman–Crippen MR) is 49.5 cm³/mol. The van der Waals surface area contributed by atoms with Crippen LogP contribution in [0.4, 0.5) is 0 Å². The van der Waals surface area contributed by atoms with Crippen LogP contribution in [0.3, 0.4) is 0 Å².